The van der Waals surface area contributed by atoms with Gasteiger partial charge in [-0.15, -0.1) is 11.3 Å². The van der Waals surface area contributed by atoms with Crippen molar-refractivity contribution < 1.29 is 23.9 Å². The van der Waals surface area contributed by atoms with Gasteiger partial charge in [-0.05, 0) is 94.8 Å². The van der Waals surface area contributed by atoms with Gasteiger partial charge in [0.05, 0.1) is 41.2 Å². The minimum Gasteiger partial charge on any atom is -0.462 e. The number of esters is 2. The van der Waals surface area contributed by atoms with Crippen LogP contribution in [0, 0.1) is 19.8 Å². The average Bonchev–Trinajstić information content (AvgIpc) is 3.59. The van der Waals surface area contributed by atoms with Crippen LogP contribution in [-0.2, 0) is 22.3 Å². The van der Waals surface area contributed by atoms with E-state index in [2.05, 4.69) is 6.92 Å². The predicted molar refractivity (Wildman–Crippen MR) is 189 cm³/mol. The summed E-state index contributed by atoms with van der Waals surface area (Å²) in [7, 11) is 0. The first-order valence-electron chi connectivity index (χ1n) is 16.1. The van der Waals surface area contributed by atoms with Gasteiger partial charge in [-0.25, -0.2) is 14.6 Å². The summed E-state index contributed by atoms with van der Waals surface area (Å²) in [5, 5.41) is 1.16. The van der Waals surface area contributed by atoms with Gasteiger partial charge in [-0.1, -0.05) is 36.9 Å². The van der Waals surface area contributed by atoms with Gasteiger partial charge < -0.3 is 14.0 Å². The van der Waals surface area contributed by atoms with Crippen LogP contribution in [-0.4, -0.2) is 50.8 Å². The normalized spacial score (nSPS) is 14.1. The standard InChI is InChI=1S/C37H37N3O6S2/c1-6-45-35(43)24-17-25(36(44)46-7-2)19-27(18-24)39-22(4)16-29(23(39)5)30(41)20-47-37-38-33-32(28-14-13-21(3)15-31(28)48-33)34(42)40(37)26-11-9-8-10-12-26/h8-12,16-19,21H,6-7,13-15,20H2,1-5H3. The molecule has 1 aliphatic carbocycles. The van der Waals surface area contributed by atoms with Crippen LogP contribution in [0.5, 0.6) is 0 Å². The summed E-state index contributed by atoms with van der Waals surface area (Å²) in [6, 6.07) is 16.0. The summed E-state index contributed by atoms with van der Waals surface area (Å²) in [4.78, 5) is 60.3. The summed E-state index contributed by atoms with van der Waals surface area (Å²) in [6.45, 7) is 9.72. The number of rotatable bonds is 10. The first-order valence-corrected chi connectivity index (χ1v) is 17.9. The zero-order valence-corrected chi connectivity index (χ0v) is 29.3. The molecule has 3 aromatic heterocycles. The Morgan fingerprint density at radius 3 is 2.25 bits per heavy atom. The number of Topliss-reactive ketones (excluding diaryl/α,β-unsaturated/α-hetero) is 1. The van der Waals surface area contributed by atoms with Crippen LogP contribution in [0.3, 0.4) is 0 Å². The van der Waals surface area contributed by atoms with E-state index in [1.165, 1.54) is 22.7 Å². The van der Waals surface area contributed by atoms with E-state index in [1.807, 2.05) is 48.7 Å². The van der Waals surface area contributed by atoms with Gasteiger partial charge in [0.2, 0.25) is 0 Å². The zero-order valence-electron chi connectivity index (χ0n) is 27.6. The highest BCUT2D eigenvalue weighted by molar-refractivity contribution is 7.99. The Balaban J connectivity index is 1.36. The number of hydrogen-bond donors (Lipinski definition) is 0. The Kier molecular flexibility index (Phi) is 9.70. The average molecular weight is 684 g/mol. The molecule has 0 amide bonds. The first-order chi connectivity index (χ1) is 23.1. The van der Waals surface area contributed by atoms with E-state index in [0.29, 0.717) is 39.1 Å². The van der Waals surface area contributed by atoms with Crippen LogP contribution < -0.4 is 5.56 Å². The van der Waals surface area contributed by atoms with Crippen LogP contribution in [0.15, 0.2) is 64.5 Å². The monoisotopic (exact) mass is 683 g/mol. The maximum Gasteiger partial charge on any atom is 0.338 e. The van der Waals surface area contributed by atoms with Crippen LogP contribution in [0.1, 0.15) is 80.1 Å². The number of benzene rings is 2. The Bertz CT molecular complexity index is 2070. The lowest BCUT2D eigenvalue weighted by Gasteiger charge is -2.17. The number of thioether (sulfide) groups is 1. The quantitative estimate of drug-likeness (QED) is 0.0653. The number of thiophene rings is 1. The molecular formula is C37H37N3O6S2. The molecule has 0 aliphatic heterocycles. The molecule has 0 N–H and O–H groups in total. The first kappa shape index (κ1) is 33.4. The van der Waals surface area contributed by atoms with Gasteiger partial charge in [0.15, 0.2) is 10.9 Å². The van der Waals surface area contributed by atoms with Gasteiger partial charge >= 0.3 is 11.9 Å². The van der Waals surface area contributed by atoms with Crippen molar-refractivity contribution in [3.05, 3.63) is 103 Å². The summed E-state index contributed by atoms with van der Waals surface area (Å²) in [5.74, 6) is -0.643. The molecule has 6 rings (SSSR count). The van der Waals surface area contributed by atoms with Gasteiger partial charge in [-0.2, -0.15) is 0 Å². The highest BCUT2D eigenvalue weighted by Crippen LogP contribution is 2.37. The fourth-order valence-corrected chi connectivity index (χ4v) is 8.65. The third-order valence-electron chi connectivity index (χ3n) is 8.58. The van der Waals surface area contributed by atoms with E-state index >= 15 is 0 Å². The molecule has 1 aliphatic rings. The van der Waals surface area contributed by atoms with Crippen LogP contribution in [0.2, 0.25) is 0 Å². The Morgan fingerprint density at radius 2 is 1.60 bits per heavy atom. The largest absolute Gasteiger partial charge is 0.462 e. The zero-order chi connectivity index (χ0) is 34.1. The maximum absolute atomic E-state index is 14.1. The topological polar surface area (TPSA) is 109 Å². The lowest BCUT2D eigenvalue weighted by molar-refractivity contribution is 0.0524. The van der Waals surface area contributed by atoms with Gasteiger partial charge in [0, 0.05) is 27.5 Å². The van der Waals surface area contributed by atoms with Gasteiger partial charge in [-0.3, -0.25) is 14.2 Å². The van der Waals surface area contributed by atoms with Crippen LogP contribution in [0.4, 0.5) is 0 Å². The predicted octanol–water partition coefficient (Wildman–Crippen LogP) is 7.31. The van der Waals surface area contributed by atoms with E-state index in [4.69, 9.17) is 14.5 Å². The fourth-order valence-electron chi connectivity index (χ4n) is 6.33. The van der Waals surface area contributed by atoms with Crippen molar-refractivity contribution in [1.82, 2.24) is 14.1 Å². The molecule has 2 aromatic carbocycles. The lowest BCUT2D eigenvalue weighted by atomic mass is 9.89. The number of ether oxygens (including phenoxy) is 2. The van der Waals surface area contributed by atoms with Crippen molar-refractivity contribution in [2.75, 3.05) is 19.0 Å². The van der Waals surface area contributed by atoms with Crippen molar-refractivity contribution in [2.24, 2.45) is 5.92 Å². The summed E-state index contributed by atoms with van der Waals surface area (Å²) >= 11 is 2.83. The van der Waals surface area contributed by atoms with E-state index < -0.39 is 11.9 Å². The number of hydrogen-bond acceptors (Lipinski definition) is 9. The summed E-state index contributed by atoms with van der Waals surface area (Å²) < 4.78 is 13.9. The Hall–Kier alpha value is -4.48. The lowest BCUT2D eigenvalue weighted by Crippen LogP contribution is -2.23. The molecule has 0 radical (unpaired) electrons. The van der Waals surface area contributed by atoms with E-state index in [9.17, 15) is 19.2 Å². The van der Waals surface area contributed by atoms with E-state index in [1.54, 1.807) is 48.0 Å². The molecule has 0 fully saturated rings. The van der Waals surface area contributed by atoms with Crippen LogP contribution >= 0.6 is 23.1 Å². The molecule has 0 saturated carbocycles. The van der Waals surface area contributed by atoms with Crippen molar-refractivity contribution in [1.29, 1.82) is 0 Å². The second kappa shape index (κ2) is 13.9. The second-order valence-corrected chi connectivity index (χ2v) is 14.0. The molecule has 1 atom stereocenters. The molecule has 0 saturated heterocycles. The number of aromatic nitrogens is 3. The number of carbonyl (C=O) groups excluding carboxylic acids is 3. The fraction of sp³-hybridized carbons (Fsp3) is 0.324. The highest BCUT2D eigenvalue weighted by Gasteiger charge is 2.26. The molecule has 0 bridgehead atoms. The molecule has 5 aromatic rings. The molecule has 48 heavy (non-hydrogen) atoms. The number of para-hydroxylation sites is 1. The van der Waals surface area contributed by atoms with Crippen LogP contribution in [0.25, 0.3) is 21.6 Å². The minimum absolute atomic E-state index is 0.0497. The molecule has 11 heteroatoms. The molecule has 0 spiro atoms. The van der Waals surface area contributed by atoms with E-state index in [0.717, 1.165) is 35.4 Å². The molecule has 248 valence electrons. The van der Waals surface area contributed by atoms with Gasteiger partial charge in [0.25, 0.3) is 5.56 Å². The van der Waals surface area contributed by atoms with Crippen molar-refractivity contribution in [3.8, 4) is 11.4 Å². The summed E-state index contributed by atoms with van der Waals surface area (Å²) in [5.41, 5.74) is 4.55. The Morgan fingerprint density at radius 1 is 0.938 bits per heavy atom. The second-order valence-electron chi connectivity index (χ2n) is 11.9. The van der Waals surface area contributed by atoms with Crippen molar-refractivity contribution >= 4 is 51.0 Å². The summed E-state index contributed by atoms with van der Waals surface area (Å²) in [6.07, 6.45) is 2.86. The van der Waals surface area contributed by atoms with E-state index in [-0.39, 0.29) is 41.4 Å². The minimum atomic E-state index is -0.560. The van der Waals surface area contributed by atoms with Crippen molar-refractivity contribution in [2.45, 2.75) is 59.0 Å². The molecule has 9 nitrogen and oxygen atoms in total. The third kappa shape index (κ3) is 6.36. The molecule has 1 unspecified atom stereocenters. The SMILES string of the molecule is CCOC(=O)c1cc(C(=O)OCC)cc(-n2c(C)cc(C(=O)CSc3nc4sc5c(c4c(=O)n3-c3ccccc3)CCC(C)C5)c2C)c1. The van der Waals surface area contributed by atoms with Gasteiger partial charge in [0.1, 0.15) is 4.83 Å². The smallest absolute Gasteiger partial charge is 0.338 e. The van der Waals surface area contributed by atoms with Crippen molar-refractivity contribution in [3.63, 3.8) is 0 Å². The maximum atomic E-state index is 14.1. The number of ketones is 1. The number of fused-ring (bicyclic) bond motifs is 3. The molecule has 3 heterocycles. The number of carbonyl (C=O) groups is 3. The third-order valence-corrected chi connectivity index (χ3v) is 10.7. The number of aryl methyl sites for hydroxylation is 2. The number of nitrogens with zero attached hydrogens (tertiary/aromatic N) is 3. The Labute approximate surface area is 286 Å². The molecular weight excluding hydrogens is 647 g/mol. The highest BCUT2D eigenvalue weighted by atomic mass is 32.2.